The van der Waals surface area contributed by atoms with E-state index in [1.165, 1.54) is 4.90 Å². The second-order valence-corrected chi connectivity index (χ2v) is 4.80. The van der Waals surface area contributed by atoms with Crippen LogP contribution in [-0.2, 0) is 11.3 Å². The van der Waals surface area contributed by atoms with E-state index in [0.29, 0.717) is 18.7 Å². The summed E-state index contributed by atoms with van der Waals surface area (Å²) in [6.07, 6.45) is 0.478. The van der Waals surface area contributed by atoms with E-state index < -0.39 is 11.9 Å². The number of urea groups is 1. The van der Waals surface area contributed by atoms with Crippen LogP contribution in [0.25, 0.3) is 0 Å². The molecule has 0 saturated heterocycles. The minimum absolute atomic E-state index is 0.126. The van der Waals surface area contributed by atoms with Crippen LogP contribution >= 0.6 is 0 Å². The van der Waals surface area contributed by atoms with E-state index in [4.69, 9.17) is 9.84 Å². The fourth-order valence-corrected chi connectivity index (χ4v) is 1.91. The lowest BCUT2D eigenvalue weighted by molar-refractivity contribution is -0.141. The van der Waals surface area contributed by atoms with Crippen molar-refractivity contribution in [1.29, 1.82) is 0 Å². The Morgan fingerprint density at radius 1 is 1.38 bits per heavy atom. The second-order valence-electron chi connectivity index (χ2n) is 4.80. The third-order valence-corrected chi connectivity index (χ3v) is 3.29. The van der Waals surface area contributed by atoms with Gasteiger partial charge in [0.2, 0.25) is 0 Å². The molecule has 0 heterocycles. The molecule has 6 nitrogen and oxygen atoms in total. The first-order chi connectivity index (χ1) is 9.99. The van der Waals surface area contributed by atoms with Crippen LogP contribution < -0.4 is 10.1 Å². The van der Waals surface area contributed by atoms with Crippen LogP contribution in [0.3, 0.4) is 0 Å². The number of hydrogen-bond donors (Lipinski definition) is 2. The summed E-state index contributed by atoms with van der Waals surface area (Å²) in [5, 5.41) is 11.6. The molecule has 0 radical (unpaired) electrons. The van der Waals surface area contributed by atoms with Crippen molar-refractivity contribution in [3.8, 4) is 5.75 Å². The molecule has 0 aliphatic carbocycles. The zero-order valence-corrected chi connectivity index (χ0v) is 12.6. The molecule has 1 unspecified atom stereocenters. The molecule has 2 N–H and O–H groups in total. The molecular formula is C15H22N2O4. The van der Waals surface area contributed by atoms with Gasteiger partial charge < -0.3 is 20.1 Å². The predicted molar refractivity (Wildman–Crippen MR) is 79.3 cm³/mol. The molecule has 1 rings (SSSR count). The molecule has 1 aromatic carbocycles. The van der Waals surface area contributed by atoms with Gasteiger partial charge in [-0.25, -0.2) is 4.79 Å². The number of para-hydroxylation sites is 1. The number of benzene rings is 1. The fourth-order valence-electron chi connectivity index (χ4n) is 1.91. The van der Waals surface area contributed by atoms with Gasteiger partial charge in [0, 0.05) is 19.2 Å². The first kappa shape index (κ1) is 16.8. The number of nitrogens with zero attached hydrogens (tertiary/aromatic N) is 1. The van der Waals surface area contributed by atoms with Gasteiger partial charge in [0.25, 0.3) is 0 Å². The number of rotatable bonds is 7. The van der Waals surface area contributed by atoms with Crippen LogP contribution in [0.5, 0.6) is 5.75 Å². The zero-order valence-electron chi connectivity index (χ0n) is 12.6. The highest BCUT2D eigenvalue weighted by atomic mass is 16.5. The standard InChI is InChI=1S/C15H22N2O4/c1-4-11(14(18)19)9-16-15(20)17(2)10-12-7-5-6-8-13(12)21-3/h5-8,11H,4,9-10H2,1-3H3,(H,16,20)(H,18,19). The van der Waals surface area contributed by atoms with Crippen molar-refractivity contribution in [2.45, 2.75) is 19.9 Å². The Morgan fingerprint density at radius 2 is 2.05 bits per heavy atom. The minimum Gasteiger partial charge on any atom is -0.496 e. The van der Waals surface area contributed by atoms with Gasteiger partial charge >= 0.3 is 12.0 Å². The summed E-state index contributed by atoms with van der Waals surface area (Å²) >= 11 is 0. The summed E-state index contributed by atoms with van der Waals surface area (Å²) in [7, 11) is 3.24. The van der Waals surface area contributed by atoms with E-state index in [0.717, 1.165) is 5.56 Å². The van der Waals surface area contributed by atoms with Gasteiger partial charge in [-0.2, -0.15) is 0 Å². The number of carboxylic acids is 1. The van der Waals surface area contributed by atoms with Gasteiger partial charge in [0.05, 0.1) is 19.6 Å². The molecule has 1 atom stereocenters. The van der Waals surface area contributed by atoms with Gasteiger partial charge in [-0.3, -0.25) is 4.79 Å². The van der Waals surface area contributed by atoms with E-state index >= 15 is 0 Å². The molecule has 0 aliphatic heterocycles. The molecule has 0 fully saturated rings. The molecule has 2 amide bonds. The highest BCUT2D eigenvalue weighted by Gasteiger charge is 2.17. The number of nitrogens with one attached hydrogen (secondary N) is 1. The lowest BCUT2D eigenvalue weighted by atomic mass is 10.1. The molecule has 21 heavy (non-hydrogen) atoms. The van der Waals surface area contributed by atoms with E-state index in [1.54, 1.807) is 21.1 Å². The number of methoxy groups -OCH3 is 1. The number of amides is 2. The van der Waals surface area contributed by atoms with E-state index in [1.807, 2.05) is 24.3 Å². The number of carboxylic acid groups (broad SMARTS) is 1. The summed E-state index contributed by atoms with van der Waals surface area (Å²) < 4.78 is 5.24. The topological polar surface area (TPSA) is 78.9 Å². The SMILES string of the molecule is CCC(CNC(=O)N(C)Cc1ccccc1OC)C(=O)O. The van der Waals surface area contributed by atoms with E-state index in [-0.39, 0.29) is 12.6 Å². The van der Waals surface area contributed by atoms with Crippen LogP contribution in [0.4, 0.5) is 4.79 Å². The summed E-state index contributed by atoms with van der Waals surface area (Å²) in [6, 6.07) is 7.15. The smallest absolute Gasteiger partial charge is 0.317 e. The number of carbonyl (C=O) groups excluding carboxylic acids is 1. The van der Waals surface area contributed by atoms with Gasteiger partial charge in [-0.05, 0) is 12.5 Å². The van der Waals surface area contributed by atoms with Crippen molar-refractivity contribution < 1.29 is 19.4 Å². The molecular weight excluding hydrogens is 272 g/mol. The first-order valence-electron chi connectivity index (χ1n) is 6.83. The minimum atomic E-state index is -0.898. The maximum atomic E-state index is 12.0. The maximum absolute atomic E-state index is 12.0. The van der Waals surface area contributed by atoms with Gasteiger partial charge in [-0.15, -0.1) is 0 Å². The Balaban J connectivity index is 2.57. The Hall–Kier alpha value is -2.24. The van der Waals surface area contributed by atoms with Gasteiger partial charge in [0.15, 0.2) is 0 Å². The molecule has 116 valence electrons. The van der Waals surface area contributed by atoms with Crippen molar-refractivity contribution in [2.75, 3.05) is 20.7 Å². The molecule has 6 heteroatoms. The highest BCUT2D eigenvalue weighted by Crippen LogP contribution is 2.18. The molecule has 0 aromatic heterocycles. The van der Waals surface area contributed by atoms with Gasteiger partial charge in [0.1, 0.15) is 5.75 Å². The lowest BCUT2D eigenvalue weighted by Crippen LogP contribution is -2.40. The number of aliphatic carboxylic acids is 1. The number of carbonyl (C=O) groups is 2. The third-order valence-electron chi connectivity index (χ3n) is 3.29. The third kappa shape index (κ3) is 4.98. The monoisotopic (exact) mass is 294 g/mol. The van der Waals surface area contributed by atoms with Crippen LogP contribution in [0.2, 0.25) is 0 Å². The summed E-state index contributed by atoms with van der Waals surface area (Å²) in [5.74, 6) is -0.743. The quantitative estimate of drug-likeness (QED) is 0.805. The maximum Gasteiger partial charge on any atom is 0.317 e. The molecule has 0 spiro atoms. The Kier molecular flexibility index (Phi) is 6.52. The fraction of sp³-hybridized carbons (Fsp3) is 0.467. The van der Waals surface area contributed by atoms with Gasteiger partial charge in [-0.1, -0.05) is 25.1 Å². The first-order valence-corrected chi connectivity index (χ1v) is 6.83. The molecule has 0 bridgehead atoms. The molecule has 0 aliphatic rings. The van der Waals surface area contributed by atoms with Crippen molar-refractivity contribution in [2.24, 2.45) is 5.92 Å². The highest BCUT2D eigenvalue weighted by molar-refractivity contribution is 5.75. The lowest BCUT2D eigenvalue weighted by Gasteiger charge is -2.20. The second kappa shape index (κ2) is 8.14. The van der Waals surface area contributed by atoms with Crippen molar-refractivity contribution in [3.05, 3.63) is 29.8 Å². The normalized spacial score (nSPS) is 11.6. The Bertz CT molecular complexity index is 490. The summed E-state index contributed by atoms with van der Waals surface area (Å²) in [4.78, 5) is 24.4. The summed E-state index contributed by atoms with van der Waals surface area (Å²) in [6.45, 7) is 2.30. The van der Waals surface area contributed by atoms with Crippen LogP contribution in [0, 0.1) is 5.92 Å². The predicted octanol–water partition coefficient (Wildman–Crippen LogP) is 1.95. The average Bonchev–Trinajstić information content (AvgIpc) is 2.47. The van der Waals surface area contributed by atoms with Crippen LogP contribution in [0.1, 0.15) is 18.9 Å². The largest absolute Gasteiger partial charge is 0.496 e. The summed E-state index contributed by atoms with van der Waals surface area (Å²) in [5.41, 5.74) is 0.892. The van der Waals surface area contributed by atoms with Crippen molar-refractivity contribution >= 4 is 12.0 Å². The van der Waals surface area contributed by atoms with E-state index in [2.05, 4.69) is 5.32 Å². The van der Waals surface area contributed by atoms with Crippen molar-refractivity contribution in [1.82, 2.24) is 10.2 Å². The number of ether oxygens (including phenoxy) is 1. The average molecular weight is 294 g/mol. The van der Waals surface area contributed by atoms with Crippen LogP contribution in [0.15, 0.2) is 24.3 Å². The van der Waals surface area contributed by atoms with Crippen molar-refractivity contribution in [3.63, 3.8) is 0 Å². The Morgan fingerprint density at radius 3 is 2.62 bits per heavy atom. The Labute approximate surface area is 124 Å². The van der Waals surface area contributed by atoms with Crippen LogP contribution in [-0.4, -0.2) is 42.7 Å². The van der Waals surface area contributed by atoms with E-state index in [9.17, 15) is 9.59 Å². The molecule has 0 saturated carbocycles. The zero-order chi connectivity index (χ0) is 15.8. The molecule has 1 aromatic rings. The number of hydrogen-bond acceptors (Lipinski definition) is 3.